The van der Waals surface area contributed by atoms with Crippen molar-refractivity contribution in [1.29, 1.82) is 0 Å². The molecule has 5 nitrogen and oxygen atoms in total. The summed E-state index contributed by atoms with van der Waals surface area (Å²) in [6.45, 7) is 0. The van der Waals surface area contributed by atoms with E-state index in [0.717, 1.165) is 11.0 Å². The van der Waals surface area contributed by atoms with Crippen LogP contribution in [0.15, 0.2) is 54.6 Å². The molecule has 106 valence electrons. The van der Waals surface area contributed by atoms with Crippen molar-refractivity contribution in [2.75, 3.05) is 0 Å². The Morgan fingerprint density at radius 2 is 1.81 bits per heavy atom. The molecule has 0 spiro atoms. The number of amides is 1. The molecule has 0 bridgehead atoms. The van der Waals surface area contributed by atoms with Crippen LogP contribution in [0.3, 0.4) is 0 Å². The van der Waals surface area contributed by atoms with Gasteiger partial charge >= 0.3 is 0 Å². The molecule has 1 amide bonds. The quantitative estimate of drug-likeness (QED) is 0.679. The van der Waals surface area contributed by atoms with Crippen LogP contribution in [-0.2, 0) is 10.4 Å². The molecule has 1 unspecified atom stereocenters. The molecule has 0 aliphatic heterocycles. The predicted molar refractivity (Wildman–Crippen MR) is 79.3 cm³/mol. The maximum atomic E-state index is 11.4. The Balaban J connectivity index is 2.17. The number of nitrogens with two attached hydrogens (primary N) is 1. The fraction of sp³-hybridized carbons (Fsp3) is 0.125. The number of carbonyl (C=O) groups excluding carboxylic acids is 1. The third kappa shape index (κ3) is 2.39. The van der Waals surface area contributed by atoms with E-state index in [2.05, 4.69) is 9.97 Å². The van der Waals surface area contributed by atoms with Gasteiger partial charge in [0, 0.05) is 0 Å². The van der Waals surface area contributed by atoms with Gasteiger partial charge in [-0.05, 0) is 17.7 Å². The molecule has 4 N–H and O–H groups in total. The summed E-state index contributed by atoms with van der Waals surface area (Å²) in [5, 5.41) is 11.0. The molecule has 0 saturated carbocycles. The first-order chi connectivity index (χ1) is 10.1. The largest absolute Gasteiger partial charge is 0.377 e. The van der Waals surface area contributed by atoms with Crippen molar-refractivity contribution < 1.29 is 9.90 Å². The minimum atomic E-state index is -1.56. The molecule has 21 heavy (non-hydrogen) atoms. The summed E-state index contributed by atoms with van der Waals surface area (Å²) in [7, 11) is 0. The Bertz CT molecular complexity index is 749. The van der Waals surface area contributed by atoms with Gasteiger partial charge in [0.15, 0.2) is 5.60 Å². The SMILES string of the molecule is NC(=O)CC(O)(c1ccccc1)c1nc2ccccc2[nH]1. The van der Waals surface area contributed by atoms with E-state index < -0.39 is 11.5 Å². The summed E-state index contributed by atoms with van der Waals surface area (Å²) in [6.07, 6.45) is -0.239. The van der Waals surface area contributed by atoms with Crippen LogP contribution in [0.25, 0.3) is 11.0 Å². The van der Waals surface area contributed by atoms with Gasteiger partial charge in [-0.1, -0.05) is 42.5 Å². The van der Waals surface area contributed by atoms with Crippen molar-refractivity contribution in [3.8, 4) is 0 Å². The Kier molecular flexibility index (Phi) is 3.19. The van der Waals surface area contributed by atoms with Gasteiger partial charge in [-0.15, -0.1) is 0 Å². The summed E-state index contributed by atoms with van der Waals surface area (Å²) in [4.78, 5) is 18.9. The summed E-state index contributed by atoms with van der Waals surface area (Å²) in [5.74, 6) is -0.282. The molecule has 0 aliphatic rings. The number of carbonyl (C=O) groups is 1. The molecule has 0 saturated heterocycles. The summed E-state index contributed by atoms with van der Waals surface area (Å²) < 4.78 is 0. The number of aromatic amines is 1. The maximum Gasteiger partial charge on any atom is 0.221 e. The highest BCUT2D eigenvalue weighted by Crippen LogP contribution is 2.32. The van der Waals surface area contributed by atoms with Crippen molar-refractivity contribution in [3.63, 3.8) is 0 Å². The Labute approximate surface area is 121 Å². The highest BCUT2D eigenvalue weighted by atomic mass is 16.3. The van der Waals surface area contributed by atoms with E-state index in [4.69, 9.17) is 5.73 Å². The molecule has 0 fully saturated rings. The number of para-hydroxylation sites is 2. The van der Waals surface area contributed by atoms with Gasteiger partial charge in [-0.2, -0.15) is 0 Å². The number of nitrogens with zero attached hydrogens (tertiary/aromatic N) is 1. The first-order valence-electron chi connectivity index (χ1n) is 6.61. The van der Waals surface area contributed by atoms with Crippen LogP contribution < -0.4 is 5.73 Å². The van der Waals surface area contributed by atoms with Gasteiger partial charge in [0.25, 0.3) is 0 Å². The first-order valence-corrected chi connectivity index (χ1v) is 6.61. The van der Waals surface area contributed by atoms with Crippen molar-refractivity contribution in [2.45, 2.75) is 12.0 Å². The number of rotatable bonds is 4. The second-order valence-corrected chi connectivity index (χ2v) is 4.97. The lowest BCUT2D eigenvalue weighted by molar-refractivity contribution is -0.122. The smallest absolute Gasteiger partial charge is 0.221 e. The number of imidazole rings is 1. The van der Waals surface area contributed by atoms with E-state index in [1.54, 1.807) is 24.3 Å². The van der Waals surface area contributed by atoms with Crippen LogP contribution in [0.2, 0.25) is 0 Å². The second-order valence-electron chi connectivity index (χ2n) is 4.97. The second kappa shape index (κ2) is 5.03. The third-order valence-electron chi connectivity index (χ3n) is 3.46. The van der Waals surface area contributed by atoms with Gasteiger partial charge in [0.05, 0.1) is 17.5 Å². The average Bonchev–Trinajstić information content (AvgIpc) is 2.92. The Hall–Kier alpha value is -2.66. The van der Waals surface area contributed by atoms with E-state index >= 15 is 0 Å². The molecule has 0 aliphatic carbocycles. The van der Waals surface area contributed by atoms with Crippen molar-refractivity contribution in [2.24, 2.45) is 5.73 Å². The molecule has 5 heteroatoms. The number of benzene rings is 2. The summed E-state index contributed by atoms with van der Waals surface area (Å²) in [5.41, 5.74) is 5.84. The number of aliphatic hydroxyl groups is 1. The zero-order valence-corrected chi connectivity index (χ0v) is 11.3. The average molecular weight is 281 g/mol. The normalized spacial score (nSPS) is 14.0. The van der Waals surface area contributed by atoms with E-state index in [9.17, 15) is 9.90 Å². The van der Waals surface area contributed by atoms with Crippen LogP contribution >= 0.6 is 0 Å². The predicted octanol–water partition coefficient (Wildman–Crippen LogP) is 1.67. The lowest BCUT2D eigenvalue weighted by atomic mass is 9.89. The Morgan fingerprint density at radius 3 is 2.48 bits per heavy atom. The van der Waals surface area contributed by atoms with Gasteiger partial charge in [-0.25, -0.2) is 4.98 Å². The van der Waals surface area contributed by atoms with Crippen LogP contribution in [0.5, 0.6) is 0 Å². The van der Waals surface area contributed by atoms with Crippen LogP contribution in [0.1, 0.15) is 17.8 Å². The summed E-state index contributed by atoms with van der Waals surface area (Å²) >= 11 is 0. The lowest BCUT2D eigenvalue weighted by Gasteiger charge is -2.25. The zero-order valence-electron chi connectivity index (χ0n) is 11.3. The third-order valence-corrected chi connectivity index (χ3v) is 3.46. The first kappa shape index (κ1) is 13.3. The van der Waals surface area contributed by atoms with Gasteiger partial charge in [-0.3, -0.25) is 4.79 Å². The lowest BCUT2D eigenvalue weighted by Crippen LogP contribution is -2.34. The fourth-order valence-electron chi connectivity index (χ4n) is 2.44. The molecular weight excluding hydrogens is 266 g/mol. The standard InChI is InChI=1S/C16H15N3O2/c17-14(20)10-16(21,11-6-2-1-3-7-11)15-18-12-8-4-5-9-13(12)19-15/h1-9,21H,10H2,(H2,17,20)(H,18,19). The number of hydrogen-bond donors (Lipinski definition) is 3. The zero-order chi connectivity index (χ0) is 14.9. The molecule has 3 aromatic rings. The van der Waals surface area contributed by atoms with Crippen LogP contribution in [0, 0.1) is 0 Å². The van der Waals surface area contributed by atoms with E-state index in [0.29, 0.717) is 11.4 Å². The number of fused-ring (bicyclic) bond motifs is 1. The Morgan fingerprint density at radius 1 is 1.14 bits per heavy atom. The monoisotopic (exact) mass is 281 g/mol. The maximum absolute atomic E-state index is 11.4. The van der Waals surface area contributed by atoms with Gasteiger partial charge in [0.2, 0.25) is 5.91 Å². The molecule has 3 rings (SSSR count). The van der Waals surface area contributed by atoms with Crippen LogP contribution in [0.4, 0.5) is 0 Å². The van der Waals surface area contributed by atoms with E-state index in [1.807, 2.05) is 30.3 Å². The highest BCUT2D eigenvalue weighted by Gasteiger charge is 2.36. The molecule has 0 radical (unpaired) electrons. The molecule has 2 aromatic carbocycles. The minimum absolute atomic E-state index is 0.239. The minimum Gasteiger partial charge on any atom is -0.377 e. The van der Waals surface area contributed by atoms with E-state index in [1.165, 1.54) is 0 Å². The molecule has 1 heterocycles. The van der Waals surface area contributed by atoms with Gasteiger partial charge in [0.1, 0.15) is 5.82 Å². The van der Waals surface area contributed by atoms with Gasteiger partial charge < -0.3 is 15.8 Å². The number of H-pyrrole nitrogens is 1. The molecule has 1 atom stereocenters. The van der Waals surface area contributed by atoms with E-state index in [-0.39, 0.29) is 6.42 Å². The number of hydrogen-bond acceptors (Lipinski definition) is 3. The number of primary amides is 1. The van der Waals surface area contributed by atoms with Crippen molar-refractivity contribution >= 4 is 16.9 Å². The van der Waals surface area contributed by atoms with Crippen molar-refractivity contribution in [3.05, 3.63) is 66.0 Å². The molecular formula is C16H15N3O2. The van der Waals surface area contributed by atoms with Crippen LogP contribution in [-0.4, -0.2) is 21.0 Å². The highest BCUT2D eigenvalue weighted by molar-refractivity contribution is 5.78. The van der Waals surface area contributed by atoms with Crippen molar-refractivity contribution in [1.82, 2.24) is 9.97 Å². The topological polar surface area (TPSA) is 92.0 Å². The fourth-order valence-corrected chi connectivity index (χ4v) is 2.44. The molecule has 1 aromatic heterocycles. The number of aromatic nitrogens is 2. The summed E-state index contributed by atoms with van der Waals surface area (Å²) in [6, 6.07) is 16.4. The number of nitrogens with one attached hydrogen (secondary N) is 1.